The maximum absolute atomic E-state index is 13.6. The molecule has 0 saturated carbocycles. The van der Waals surface area contributed by atoms with Crippen molar-refractivity contribution in [2.45, 2.75) is 0 Å². The van der Waals surface area contributed by atoms with Gasteiger partial charge in [0.2, 0.25) is 5.78 Å². The summed E-state index contributed by atoms with van der Waals surface area (Å²) in [5.74, 6) is -6.17. The summed E-state index contributed by atoms with van der Waals surface area (Å²) in [6.07, 6.45) is 0. The molecule has 1 aromatic heterocycles. The molecule has 8 nitrogen and oxygen atoms in total. The summed E-state index contributed by atoms with van der Waals surface area (Å²) in [6, 6.07) is 6.22. The minimum Gasteiger partial charge on any atom is -0.285 e. The normalized spacial score (nSPS) is 11.5. The second-order valence-electron chi connectivity index (χ2n) is 4.86. The van der Waals surface area contributed by atoms with Crippen LogP contribution < -0.4 is 0 Å². The molecule has 0 unspecified atom stereocenters. The lowest BCUT2D eigenvalue weighted by molar-refractivity contribution is 0.0810. The first-order chi connectivity index (χ1) is 12.4. The second kappa shape index (κ2) is 5.52. The molecule has 0 saturated heterocycles. The van der Waals surface area contributed by atoms with Crippen LogP contribution in [0, 0.1) is 57.2 Å². The van der Waals surface area contributed by atoms with Crippen LogP contribution in [0.4, 0.5) is 8.78 Å². The molecule has 1 aliphatic carbocycles. The lowest BCUT2D eigenvalue weighted by atomic mass is 9.80. The van der Waals surface area contributed by atoms with Gasteiger partial charge in [0.25, 0.3) is 17.7 Å². The number of hydrogen-bond acceptors (Lipinski definition) is 8. The molecule has 120 valence electrons. The molecular weight excluding hydrogens is 346 g/mol. The Hall–Kier alpha value is -4.54. The number of fused-ring (bicyclic) bond motifs is 3. The summed E-state index contributed by atoms with van der Waals surface area (Å²) >= 11 is 0. The van der Waals surface area contributed by atoms with E-state index in [2.05, 4.69) is 9.97 Å². The van der Waals surface area contributed by atoms with Crippen LogP contribution in [0.2, 0.25) is 0 Å². The number of benzene rings is 1. The molecule has 0 radical (unpaired) electrons. The van der Waals surface area contributed by atoms with Crippen LogP contribution in [0.25, 0.3) is 11.3 Å². The summed E-state index contributed by atoms with van der Waals surface area (Å²) in [7, 11) is 0. The Balaban J connectivity index is 2.68. The fourth-order valence-corrected chi connectivity index (χ4v) is 2.61. The topological polar surface area (TPSA) is 155 Å². The summed E-state index contributed by atoms with van der Waals surface area (Å²) in [4.78, 5) is 30.9. The molecular formula is C16F2N6O2. The highest BCUT2D eigenvalue weighted by atomic mass is 19.2. The number of nitrogens with zero attached hydrogens (tertiary/aromatic N) is 6. The van der Waals surface area contributed by atoms with E-state index in [0.717, 1.165) is 0 Å². The zero-order valence-corrected chi connectivity index (χ0v) is 12.3. The van der Waals surface area contributed by atoms with Crippen LogP contribution in [0.1, 0.15) is 43.1 Å². The molecule has 0 amide bonds. The monoisotopic (exact) mass is 346 g/mol. The summed E-state index contributed by atoms with van der Waals surface area (Å²) in [5.41, 5.74) is -5.01. The Morgan fingerprint density at radius 3 is 1.50 bits per heavy atom. The predicted molar refractivity (Wildman–Crippen MR) is 74.9 cm³/mol. The summed E-state index contributed by atoms with van der Waals surface area (Å²) < 4.78 is 26.9. The third-order valence-electron chi connectivity index (χ3n) is 3.65. The zero-order chi connectivity index (χ0) is 19.2. The van der Waals surface area contributed by atoms with E-state index in [0.29, 0.717) is 0 Å². The van der Waals surface area contributed by atoms with Gasteiger partial charge in [-0.05, 0) is 0 Å². The number of aromatic nitrogens is 2. The molecule has 1 heterocycles. The van der Waals surface area contributed by atoms with Gasteiger partial charge in [0, 0.05) is 5.56 Å². The van der Waals surface area contributed by atoms with Gasteiger partial charge in [-0.15, -0.1) is 0 Å². The first-order valence-electron chi connectivity index (χ1n) is 6.58. The zero-order valence-electron chi connectivity index (χ0n) is 12.3. The van der Waals surface area contributed by atoms with Gasteiger partial charge < -0.3 is 0 Å². The molecule has 3 rings (SSSR count). The molecule has 0 N–H and O–H groups in total. The molecule has 0 atom stereocenters. The van der Waals surface area contributed by atoms with Crippen molar-refractivity contribution in [1.29, 1.82) is 21.0 Å². The minimum absolute atomic E-state index is 0.509. The van der Waals surface area contributed by atoms with Gasteiger partial charge in [0.1, 0.15) is 35.7 Å². The van der Waals surface area contributed by atoms with Crippen LogP contribution in [0.15, 0.2) is 0 Å². The van der Waals surface area contributed by atoms with Crippen molar-refractivity contribution in [3.8, 4) is 35.5 Å². The third-order valence-corrected chi connectivity index (χ3v) is 3.65. The average molecular weight is 346 g/mol. The van der Waals surface area contributed by atoms with Crippen molar-refractivity contribution in [3.05, 3.63) is 45.4 Å². The number of carbonyl (C=O) groups is 2. The van der Waals surface area contributed by atoms with E-state index in [1.54, 1.807) is 18.2 Å². The largest absolute Gasteiger partial charge is 0.285 e. The molecule has 10 heteroatoms. The molecule has 26 heavy (non-hydrogen) atoms. The highest BCUT2D eigenvalue weighted by Gasteiger charge is 2.40. The Morgan fingerprint density at radius 1 is 0.615 bits per heavy atom. The van der Waals surface area contributed by atoms with E-state index in [4.69, 9.17) is 0 Å². The predicted octanol–water partition coefficient (Wildman–Crippen LogP) is 1.29. The number of halogens is 2. The first-order valence-corrected chi connectivity index (χ1v) is 6.58. The van der Waals surface area contributed by atoms with Gasteiger partial charge in [-0.3, -0.25) is 9.59 Å². The molecule has 0 bridgehead atoms. The minimum atomic E-state index is -1.73. The van der Waals surface area contributed by atoms with E-state index >= 15 is 0 Å². The van der Waals surface area contributed by atoms with Crippen molar-refractivity contribution >= 4 is 11.6 Å². The lowest BCUT2D eigenvalue weighted by Gasteiger charge is -2.19. The van der Waals surface area contributed by atoms with Crippen molar-refractivity contribution < 1.29 is 18.4 Å². The third kappa shape index (κ3) is 1.88. The molecule has 0 aliphatic heterocycles. The van der Waals surface area contributed by atoms with Gasteiger partial charge in [-0.25, -0.2) is 9.97 Å². The number of ketones is 2. The maximum atomic E-state index is 13.6. The van der Waals surface area contributed by atoms with Crippen LogP contribution in [0.5, 0.6) is 0 Å². The molecule has 0 fully saturated rings. The Kier molecular flexibility index (Phi) is 3.47. The van der Waals surface area contributed by atoms with Crippen molar-refractivity contribution in [2.75, 3.05) is 0 Å². The number of hydrogen-bond donors (Lipinski definition) is 0. The smallest absolute Gasteiger partial charge is 0.269 e. The van der Waals surface area contributed by atoms with E-state index < -0.39 is 68.2 Å². The van der Waals surface area contributed by atoms with Gasteiger partial charge in [-0.2, -0.15) is 29.8 Å². The molecule has 1 aliphatic rings. The Morgan fingerprint density at radius 2 is 1.04 bits per heavy atom. The van der Waals surface area contributed by atoms with Crippen molar-refractivity contribution in [2.24, 2.45) is 0 Å². The average Bonchev–Trinajstić information content (AvgIpc) is 2.65. The van der Waals surface area contributed by atoms with E-state index in [1.165, 1.54) is 6.07 Å². The van der Waals surface area contributed by atoms with Crippen LogP contribution in [-0.2, 0) is 0 Å². The van der Waals surface area contributed by atoms with Gasteiger partial charge >= 0.3 is 0 Å². The van der Waals surface area contributed by atoms with Gasteiger partial charge in [-0.1, -0.05) is 0 Å². The number of Topliss-reactive ketones (excluding diaryl/α,β-unsaturated/α-hetero) is 2. The summed E-state index contributed by atoms with van der Waals surface area (Å²) in [6.45, 7) is 0. The van der Waals surface area contributed by atoms with Crippen LogP contribution >= 0.6 is 0 Å². The van der Waals surface area contributed by atoms with Crippen LogP contribution in [0.3, 0.4) is 0 Å². The highest BCUT2D eigenvalue weighted by Crippen LogP contribution is 2.39. The lowest BCUT2D eigenvalue weighted by Crippen LogP contribution is -2.27. The van der Waals surface area contributed by atoms with Gasteiger partial charge in [0.15, 0.2) is 0 Å². The van der Waals surface area contributed by atoms with E-state index in [-0.39, 0.29) is 0 Å². The quantitative estimate of drug-likeness (QED) is 0.646. The maximum Gasteiger partial charge on any atom is 0.269 e. The number of rotatable bonds is 0. The van der Waals surface area contributed by atoms with Crippen LogP contribution in [-0.4, -0.2) is 21.5 Å². The standard InChI is InChI=1S/C16F2N6O2/c17-15-16(18)24-12-11(23-15)9-7(3-21)5(1-19)6(2-20)8(4-22)10(9)13(25)14(12)26. The highest BCUT2D eigenvalue weighted by molar-refractivity contribution is 6.53. The molecule has 2 aromatic rings. The van der Waals surface area contributed by atoms with Gasteiger partial charge in [0.05, 0.1) is 27.8 Å². The van der Waals surface area contributed by atoms with Crippen molar-refractivity contribution in [1.82, 2.24) is 9.97 Å². The Labute approximate surface area is 142 Å². The number of carbonyl (C=O) groups excluding carboxylic acids is 2. The summed E-state index contributed by atoms with van der Waals surface area (Å²) in [5, 5.41) is 37.2. The molecule has 1 aromatic carbocycles. The second-order valence-corrected chi connectivity index (χ2v) is 4.86. The van der Waals surface area contributed by atoms with E-state index in [1.807, 2.05) is 0 Å². The number of nitriles is 4. The van der Waals surface area contributed by atoms with E-state index in [9.17, 15) is 39.4 Å². The molecule has 0 spiro atoms. The van der Waals surface area contributed by atoms with Crippen molar-refractivity contribution in [3.63, 3.8) is 0 Å². The fourth-order valence-electron chi connectivity index (χ4n) is 2.61. The Bertz CT molecular complexity index is 1240. The SMILES string of the molecule is N#Cc1c(C#N)c(C#N)c2c(c1C#N)C(=O)C(=O)c1nc(F)c(F)nc1-2. The fraction of sp³-hybridized carbons (Fsp3) is 0. The first kappa shape index (κ1) is 16.3.